The standard InChI is InChI=1S/C14H20N2O/c1-10(12-5-6-12)16-14(17)13-4-2-3-11(9-13)7-8-15/h2-4,9-10,12H,5-8,15H2,1H3,(H,16,17). The summed E-state index contributed by atoms with van der Waals surface area (Å²) in [6, 6.07) is 8.01. The van der Waals surface area contributed by atoms with Gasteiger partial charge in [0.2, 0.25) is 0 Å². The molecule has 1 aliphatic rings. The van der Waals surface area contributed by atoms with Crippen molar-refractivity contribution in [2.75, 3.05) is 6.54 Å². The molecule has 1 saturated carbocycles. The van der Waals surface area contributed by atoms with Gasteiger partial charge in [0.15, 0.2) is 0 Å². The van der Waals surface area contributed by atoms with E-state index < -0.39 is 0 Å². The second kappa shape index (κ2) is 5.32. The van der Waals surface area contributed by atoms with Crippen LogP contribution in [0.4, 0.5) is 0 Å². The van der Waals surface area contributed by atoms with Gasteiger partial charge in [-0.2, -0.15) is 0 Å². The van der Waals surface area contributed by atoms with Crippen molar-refractivity contribution in [1.29, 1.82) is 0 Å². The topological polar surface area (TPSA) is 55.1 Å². The summed E-state index contributed by atoms with van der Waals surface area (Å²) in [6.07, 6.45) is 3.31. The molecule has 1 amide bonds. The number of hydrogen-bond acceptors (Lipinski definition) is 2. The highest BCUT2D eigenvalue weighted by molar-refractivity contribution is 5.94. The molecular weight excluding hydrogens is 212 g/mol. The molecule has 1 aromatic rings. The van der Waals surface area contributed by atoms with Crippen LogP contribution in [0.1, 0.15) is 35.7 Å². The molecule has 1 atom stereocenters. The van der Waals surface area contributed by atoms with E-state index in [0.717, 1.165) is 17.5 Å². The maximum absolute atomic E-state index is 12.0. The molecule has 3 N–H and O–H groups in total. The van der Waals surface area contributed by atoms with E-state index in [9.17, 15) is 4.79 Å². The highest BCUT2D eigenvalue weighted by Gasteiger charge is 2.28. The Morgan fingerprint density at radius 2 is 2.29 bits per heavy atom. The predicted molar refractivity (Wildman–Crippen MR) is 68.9 cm³/mol. The second-order valence-corrected chi connectivity index (χ2v) is 4.84. The molecule has 0 saturated heterocycles. The number of benzene rings is 1. The van der Waals surface area contributed by atoms with Crippen LogP contribution < -0.4 is 11.1 Å². The lowest BCUT2D eigenvalue weighted by molar-refractivity contribution is 0.0935. The Labute approximate surface area is 102 Å². The molecule has 2 rings (SSSR count). The molecule has 92 valence electrons. The molecule has 0 bridgehead atoms. The van der Waals surface area contributed by atoms with Gasteiger partial charge >= 0.3 is 0 Å². The highest BCUT2D eigenvalue weighted by Crippen LogP contribution is 2.32. The first-order valence-corrected chi connectivity index (χ1v) is 6.30. The number of nitrogens with two attached hydrogens (primary N) is 1. The van der Waals surface area contributed by atoms with Gasteiger partial charge in [0.25, 0.3) is 5.91 Å². The molecule has 3 heteroatoms. The smallest absolute Gasteiger partial charge is 0.251 e. The molecule has 0 heterocycles. The minimum Gasteiger partial charge on any atom is -0.349 e. The SMILES string of the molecule is CC(NC(=O)c1cccc(CCN)c1)C1CC1. The maximum atomic E-state index is 12.0. The first kappa shape index (κ1) is 12.1. The van der Waals surface area contributed by atoms with Gasteiger partial charge in [-0.15, -0.1) is 0 Å². The van der Waals surface area contributed by atoms with E-state index in [1.807, 2.05) is 24.3 Å². The van der Waals surface area contributed by atoms with Gasteiger partial charge in [0, 0.05) is 11.6 Å². The molecule has 0 aromatic heterocycles. The van der Waals surface area contributed by atoms with Crippen LogP contribution in [0.25, 0.3) is 0 Å². The Balaban J connectivity index is 1.99. The average molecular weight is 232 g/mol. The zero-order chi connectivity index (χ0) is 12.3. The van der Waals surface area contributed by atoms with Crippen molar-refractivity contribution < 1.29 is 4.79 Å². The van der Waals surface area contributed by atoms with Crippen molar-refractivity contribution in [3.05, 3.63) is 35.4 Å². The monoisotopic (exact) mass is 232 g/mol. The molecule has 3 nitrogen and oxygen atoms in total. The van der Waals surface area contributed by atoms with Gasteiger partial charge in [-0.25, -0.2) is 0 Å². The van der Waals surface area contributed by atoms with Crippen LogP contribution in [-0.4, -0.2) is 18.5 Å². The van der Waals surface area contributed by atoms with Crippen molar-refractivity contribution in [2.24, 2.45) is 11.7 Å². The van der Waals surface area contributed by atoms with Crippen molar-refractivity contribution >= 4 is 5.91 Å². The number of amides is 1. The number of rotatable bonds is 5. The zero-order valence-corrected chi connectivity index (χ0v) is 10.3. The number of carbonyl (C=O) groups excluding carboxylic acids is 1. The van der Waals surface area contributed by atoms with E-state index in [-0.39, 0.29) is 5.91 Å². The third kappa shape index (κ3) is 3.30. The van der Waals surface area contributed by atoms with Gasteiger partial charge < -0.3 is 11.1 Å². The quantitative estimate of drug-likeness (QED) is 0.812. The van der Waals surface area contributed by atoms with E-state index in [0.29, 0.717) is 18.5 Å². The number of carbonyl (C=O) groups is 1. The van der Waals surface area contributed by atoms with Gasteiger partial charge in [-0.3, -0.25) is 4.79 Å². The summed E-state index contributed by atoms with van der Waals surface area (Å²) in [6.45, 7) is 2.70. The van der Waals surface area contributed by atoms with Crippen LogP contribution in [-0.2, 0) is 6.42 Å². The van der Waals surface area contributed by atoms with E-state index in [1.165, 1.54) is 12.8 Å². The summed E-state index contributed by atoms with van der Waals surface area (Å²) in [5, 5.41) is 3.06. The van der Waals surface area contributed by atoms with E-state index >= 15 is 0 Å². The molecule has 0 spiro atoms. The lowest BCUT2D eigenvalue weighted by atomic mass is 10.1. The second-order valence-electron chi connectivity index (χ2n) is 4.84. The normalized spacial score (nSPS) is 16.6. The minimum absolute atomic E-state index is 0.0308. The Morgan fingerprint density at radius 3 is 2.94 bits per heavy atom. The van der Waals surface area contributed by atoms with E-state index in [4.69, 9.17) is 5.73 Å². The van der Waals surface area contributed by atoms with Gasteiger partial charge in [-0.05, 0) is 56.3 Å². The minimum atomic E-state index is 0.0308. The number of hydrogen-bond donors (Lipinski definition) is 2. The van der Waals surface area contributed by atoms with Crippen molar-refractivity contribution in [2.45, 2.75) is 32.2 Å². The Kier molecular flexibility index (Phi) is 3.79. The van der Waals surface area contributed by atoms with Crippen LogP contribution in [0.2, 0.25) is 0 Å². The Morgan fingerprint density at radius 1 is 1.53 bits per heavy atom. The molecule has 1 aliphatic carbocycles. The van der Waals surface area contributed by atoms with Crippen LogP contribution in [0, 0.1) is 5.92 Å². The fraction of sp³-hybridized carbons (Fsp3) is 0.500. The predicted octanol–water partition coefficient (Wildman–Crippen LogP) is 1.72. The summed E-state index contributed by atoms with van der Waals surface area (Å²) in [4.78, 5) is 12.0. The summed E-state index contributed by atoms with van der Waals surface area (Å²) >= 11 is 0. The summed E-state index contributed by atoms with van der Waals surface area (Å²) in [5.41, 5.74) is 7.38. The lowest BCUT2D eigenvalue weighted by Crippen LogP contribution is -2.34. The largest absolute Gasteiger partial charge is 0.349 e. The molecule has 0 aliphatic heterocycles. The third-order valence-corrected chi connectivity index (χ3v) is 3.31. The number of nitrogens with one attached hydrogen (secondary N) is 1. The molecule has 17 heavy (non-hydrogen) atoms. The van der Waals surface area contributed by atoms with Crippen LogP contribution in [0.3, 0.4) is 0 Å². The molecule has 1 unspecified atom stereocenters. The summed E-state index contributed by atoms with van der Waals surface area (Å²) in [5.74, 6) is 0.717. The van der Waals surface area contributed by atoms with Gasteiger partial charge in [-0.1, -0.05) is 12.1 Å². The summed E-state index contributed by atoms with van der Waals surface area (Å²) in [7, 11) is 0. The van der Waals surface area contributed by atoms with Crippen LogP contribution in [0.5, 0.6) is 0 Å². The van der Waals surface area contributed by atoms with Crippen LogP contribution in [0.15, 0.2) is 24.3 Å². The van der Waals surface area contributed by atoms with Gasteiger partial charge in [0.05, 0.1) is 0 Å². The molecule has 1 aromatic carbocycles. The Bertz CT molecular complexity index is 399. The van der Waals surface area contributed by atoms with E-state index in [2.05, 4.69) is 12.2 Å². The Hall–Kier alpha value is -1.35. The fourth-order valence-electron chi connectivity index (χ4n) is 2.04. The first-order valence-electron chi connectivity index (χ1n) is 6.30. The van der Waals surface area contributed by atoms with Crippen molar-refractivity contribution in [3.8, 4) is 0 Å². The molecule has 0 radical (unpaired) electrons. The third-order valence-electron chi connectivity index (χ3n) is 3.31. The van der Waals surface area contributed by atoms with Crippen molar-refractivity contribution in [1.82, 2.24) is 5.32 Å². The first-order chi connectivity index (χ1) is 8.20. The fourth-order valence-corrected chi connectivity index (χ4v) is 2.04. The van der Waals surface area contributed by atoms with Crippen LogP contribution >= 0.6 is 0 Å². The van der Waals surface area contributed by atoms with Gasteiger partial charge in [0.1, 0.15) is 0 Å². The highest BCUT2D eigenvalue weighted by atomic mass is 16.1. The average Bonchev–Trinajstić information content (AvgIpc) is 3.13. The maximum Gasteiger partial charge on any atom is 0.251 e. The van der Waals surface area contributed by atoms with E-state index in [1.54, 1.807) is 0 Å². The van der Waals surface area contributed by atoms with Crippen molar-refractivity contribution in [3.63, 3.8) is 0 Å². The summed E-state index contributed by atoms with van der Waals surface area (Å²) < 4.78 is 0. The lowest BCUT2D eigenvalue weighted by Gasteiger charge is -2.13. The zero-order valence-electron chi connectivity index (χ0n) is 10.3. The molecular formula is C14H20N2O. The molecule has 1 fully saturated rings.